The number of hydrogen-bond acceptors (Lipinski definition) is 7. The Morgan fingerprint density at radius 1 is 1.00 bits per heavy atom. The van der Waals surface area contributed by atoms with Crippen molar-refractivity contribution in [3.8, 4) is 0 Å². The van der Waals surface area contributed by atoms with Crippen LogP contribution in [0, 0.1) is 5.41 Å². The predicted molar refractivity (Wildman–Crippen MR) is 56.4 cm³/mol. The number of hydrogen-bond donors (Lipinski definition) is 7. The summed E-state index contributed by atoms with van der Waals surface area (Å²) < 4.78 is 0. The fourth-order valence-electron chi connectivity index (χ4n) is 0.612. The Hall–Kier alpha value is -1.77. The summed E-state index contributed by atoms with van der Waals surface area (Å²) in [4.78, 5) is 9.25. The highest BCUT2D eigenvalue weighted by molar-refractivity contribution is 5.78. The van der Waals surface area contributed by atoms with Crippen LogP contribution in [-0.2, 0) is 4.79 Å². The van der Waals surface area contributed by atoms with Crippen LogP contribution in [0.4, 0.5) is 0 Å². The third-order valence-electron chi connectivity index (χ3n) is 1.80. The van der Waals surface area contributed by atoms with Gasteiger partial charge in [-0.25, -0.2) is 4.79 Å². The first-order chi connectivity index (χ1) is 7.81. The van der Waals surface area contributed by atoms with Gasteiger partial charge in [0, 0.05) is 6.08 Å². The molecule has 0 aliphatic rings. The minimum Gasteiger partial charge on any atom is -0.505 e. The van der Waals surface area contributed by atoms with Crippen LogP contribution in [0.15, 0.2) is 24.4 Å². The second kappa shape index (κ2) is 8.39. The molecule has 0 aliphatic heterocycles. The van der Waals surface area contributed by atoms with Crippen LogP contribution in [0.1, 0.15) is 0 Å². The van der Waals surface area contributed by atoms with E-state index in [-0.39, 0.29) is 0 Å². The summed E-state index contributed by atoms with van der Waals surface area (Å²) in [7, 11) is 0. The summed E-state index contributed by atoms with van der Waals surface area (Å²) in [6, 6.07) is 0. The fraction of sp³-hybridized carbons (Fsp3) is 0.444. The summed E-state index contributed by atoms with van der Waals surface area (Å²) >= 11 is 0. The Labute approximate surface area is 97.0 Å². The first-order valence-corrected chi connectivity index (χ1v) is 4.30. The van der Waals surface area contributed by atoms with Gasteiger partial charge in [-0.1, -0.05) is 6.58 Å². The smallest absolute Gasteiger partial charge is 0.327 e. The molecule has 0 bridgehead atoms. The van der Waals surface area contributed by atoms with Crippen molar-refractivity contribution in [1.29, 1.82) is 0 Å². The molecule has 0 fully saturated rings. The molecule has 0 heterocycles. The van der Waals surface area contributed by atoms with E-state index in [9.17, 15) is 4.79 Å². The van der Waals surface area contributed by atoms with Gasteiger partial charge < -0.3 is 35.7 Å². The largest absolute Gasteiger partial charge is 0.505 e. The third-order valence-corrected chi connectivity index (χ3v) is 1.80. The maximum atomic E-state index is 9.25. The highest BCUT2D eigenvalue weighted by Crippen LogP contribution is 2.24. The van der Waals surface area contributed by atoms with Crippen molar-refractivity contribution < 1.29 is 40.5 Å². The minimum absolute atomic E-state index is 0.795. The van der Waals surface area contributed by atoms with Gasteiger partial charge in [0.2, 0.25) is 0 Å². The number of aliphatic carboxylic acids is 1. The number of carboxylic acids is 1. The van der Waals surface area contributed by atoms with Crippen LogP contribution in [0.25, 0.3) is 0 Å². The molecule has 0 unspecified atom stereocenters. The predicted octanol–water partition coefficient (Wildman–Crippen LogP) is -0.950. The second-order valence-electron chi connectivity index (χ2n) is 2.97. The molecule has 0 rings (SSSR count). The zero-order chi connectivity index (χ0) is 14.1. The number of aliphatic hydroxyl groups excluding tert-OH is 5. The van der Waals surface area contributed by atoms with E-state index >= 15 is 0 Å². The standard InChI is InChI=1S/C6H12O6.C3H4O2/c7-1-6(2-8,3-9)4(10)5(11)12;1-2-3(4)5/h7-12H,1-3H2;2H,1H2,(H,4,5). The van der Waals surface area contributed by atoms with E-state index in [1.807, 2.05) is 0 Å². The zero-order valence-corrected chi connectivity index (χ0v) is 8.94. The van der Waals surface area contributed by atoms with Crippen molar-refractivity contribution >= 4 is 5.97 Å². The van der Waals surface area contributed by atoms with Gasteiger partial charge in [-0.3, -0.25) is 0 Å². The van der Waals surface area contributed by atoms with E-state index in [2.05, 4.69) is 6.58 Å². The van der Waals surface area contributed by atoms with E-state index in [0.717, 1.165) is 6.08 Å². The fourth-order valence-corrected chi connectivity index (χ4v) is 0.612. The van der Waals surface area contributed by atoms with Gasteiger partial charge in [-0.15, -0.1) is 0 Å². The highest BCUT2D eigenvalue weighted by atomic mass is 16.5. The highest BCUT2D eigenvalue weighted by Gasteiger charge is 2.36. The Morgan fingerprint density at radius 3 is 1.35 bits per heavy atom. The molecule has 0 spiro atoms. The lowest BCUT2D eigenvalue weighted by Crippen LogP contribution is -2.36. The normalized spacial score (nSPS) is 9.82. The SMILES string of the molecule is C=CC(=O)O.OCC(CO)(CO)C(O)=C(O)O. The lowest BCUT2D eigenvalue weighted by atomic mass is 9.89. The number of carbonyl (C=O) groups is 1. The summed E-state index contributed by atoms with van der Waals surface area (Å²) in [5.74, 6) is -3.44. The molecule has 8 heteroatoms. The molecular weight excluding hydrogens is 236 g/mol. The van der Waals surface area contributed by atoms with Crippen LogP contribution in [0.2, 0.25) is 0 Å². The molecule has 0 radical (unpaired) electrons. The van der Waals surface area contributed by atoms with Crippen molar-refractivity contribution in [2.24, 2.45) is 5.41 Å². The average Bonchev–Trinajstić information content (AvgIpc) is 2.32. The van der Waals surface area contributed by atoms with E-state index in [0.29, 0.717) is 0 Å². The number of aliphatic hydroxyl groups is 6. The van der Waals surface area contributed by atoms with Crippen LogP contribution in [0.3, 0.4) is 0 Å². The maximum absolute atomic E-state index is 9.25. The van der Waals surface area contributed by atoms with Gasteiger partial charge in [-0.05, 0) is 0 Å². The monoisotopic (exact) mass is 252 g/mol. The molecule has 0 aromatic rings. The average molecular weight is 252 g/mol. The molecule has 0 saturated heterocycles. The quantitative estimate of drug-likeness (QED) is 0.243. The Bertz CT molecular complexity index is 266. The molecule has 0 saturated carbocycles. The van der Waals surface area contributed by atoms with Gasteiger partial charge in [-0.2, -0.15) is 0 Å². The van der Waals surface area contributed by atoms with Crippen LogP contribution >= 0.6 is 0 Å². The summed E-state index contributed by atoms with van der Waals surface area (Å²) in [5.41, 5.74) is -1.79. The van der Waals surface area contributed by atoms with Gasteiger partial charge in [0.1, 0.15) is 5.41 Å². The summed E-state index contributed by atoms with van der Waals surface area (Å²) in [6.45, 7) is 0.575. The van der Waals surface area contributed by atoms with Crippen molar-refractivity contribution in [1.82, 2.24) is 0 Å². The van der Waals surface area contributed by atoms with Gasteiger partial charge in [0.15, 0.2) is 5.76 Å². The van der Waals surface area contributed by atoms with Crippen molar-refractivity contribution in [3.05, 3.63) is 24.4 Å². The van der Waals surface area contributed by atoms with E-state index in [4.69, 9.17) is 35.7 Å². The summed E-state index contributed by atoms with van der Waals surface area (Å²) in [6.07, 6.45) is 0.833. The molecule has 0 aromatic heterocycles. The molecule has 17 heavy (non-hydrogen) atoms. The molecule has 0 aromatic carbocycles. The topological polar surface area (TPSA) is 159 Å². The molecule has 100 valence electrons. The Morgan fingerprint density at radius 2 is 1.29 bits per heavy atom. The van der Waals surface area contributed by atoms with Crippen LogP contribution < -0.4 is 0 Å². The number of rotatable bonds is 5. The van der Waals surface area contributed by atoms with Crippen LogP contribution in [-0.4, -0.2) is 61.5 Å². The van der Waals surface area contributed by atoms with Crippen molar-refractivity contribution in [3.63, 3.8) is 0 Å². The molecule has 0 atom stereocenters. The molecule has 7 N–H and O–H groups in total. The summed E-state index contributed by atoms with van der Waals surface area (Å²) in [5, 5.41) is 59.3. The first kappa shape index (κ1) is 17.6. The van der Waals surface area contributed by atoms with Crippen molar-refractivity contribution in [2.75, 3.05) is 19.8 Å². The molecular formula is C9H16O8. The minimum atomic E-state index is -1.79. The van der Waals surface area contributed by atoms with Gasteiger partial charge >= 0.3 is 11.9 Å². The van der Waals surface area contributed by atoms with E-state index in [1.54, 1.807) is 0 Å². The lowest BCUT2D eigenvalue weighted by Gasteiger charge is -2.25. The van der Waals surface area contributed by atoms with Crippen molar-refractivity contribution in [2.45, 2.75) is 0 Å². The third kappa shape index (κ3) is 5.76. The second-order valence-corrected chi connectivity index (χ2v) is 2.97. The molecule has 0 aliphatic carbocycles. The van der Waals surface area contributed by atoms with Gasteiger partial charge in [0.05, 0.1) is 19.8 Å². The first-order valence-electron chi connectivity index (χ1n) is 4.30. The lowest BCUT2D eigenvalue weighted by molar-refractivity contribution is -0.131. The van der Waals surface area contributed by atoms with E-state index in [1.165, 1.54) is 0 Å². The Kier molecular flexibility index (Phi) is 8.70. The zero-order valence-electron chi connectivity index (χ0n) is 8.94. The number of carboxylic acid groups (broad SMARTS) is 1. The molecule has 8 nitrogen and oxygen atoms in total. The Balaban J connectivity index is 0. The maximum Gasteiger partial charge on any atom is 0.327 e. The van der Waals surface area contributed by atoms with Gasteiger partial charge in [0.25, 0.3) is 0 Å². The molecule has 0 amide bonds. The van der Waals surface area contributed by atoms with E-state index < -0.39 is 42.9 Å². The van der Waals surface area contributed by atoms with Crippen LogP contribution in [0.5, 0.6) is 0 Å².